The first kappa shape index (κ1) is 15.2. The molecule has 0 saturated carbocycles. The van der Waals surface area contributed by atoms with Crippen molar-refractivity contribution in [3.63, 3.8) is 0 Å². The van der Waals surface area contributed by atoms with E-state index in [0.29, 0.717) is 12.5 Å². The van der Waals surface area contributed by atoms with Crippen LogP contribution in [-0.4, -0.2) is 48.7 Å². The maximum absolute atomic E-state index is 10.4. The molecule has 2 fully saturated rings. The molecular formula is C15H29NO3. The Kier molecular flexibility index (Phi) is 4.88. The predicted molar refractivity (Wildman–Crippen MR) is 75.2 cm³/mol. The average Bonchev–Trinajstić information content (AvgIpc) is 2.36. The Labute approximate surface area is 116 Å². The molecule has 2 heterocycles. The summed E-state index contributed by atoms with van der Waals surface area (Å²) in [5.41, 5.74) is 0.0341. The Morgan fingerprint density at radius 1 is 1.26 bits per heavy atom. The molecule has 19 heavy (non-hydrogen) atoms. The lowest BCUT2D eigenvalue weighted by atomic mass is 9.78. The standard InChI is InChI=1S/C15H29NO3/c1-14(2,3)16-11-13(17)12-4-7-19-15(10-12)5-8-18-9-6-15/h12-13,16-17H,4-11H2,1-3H3. The smallest absolute Gasteiger partial charge is 0.0730 e. The van der Waals surface area contributed by atoms with Crippen molar-refractivity contribution in [1.82, 2.24) is 5.32 Å². The van der Waals surface area contributed by atoms with Crippen molar-refractivity contribution in [2.24, 2.45) is 5.92 Å². The third-order valence-corrected chi connectivity index (χ3v) is 4.32. The van der Waals surface area contributed by atoms with Crippen molar-refractivity contribution in [1.29, 1.82) is 0 Å². The van der Waals surface area contributed by atoms with Gasteiger partial charge in [0.1, 0.15) is 0 Å². The molecule has 2 saturated heterocycles. The number of hydrogen-bond donors (Lipinski definition) is 2. The van der Waals surface area contributed by atoms with Crippen LogP contribution in [0, 0.1) is 5.92 Å². The molecule has 0 aromatic rings. The molecule has 1 spiro atoms. The van der Waals surface area contributed by atoms with E-state index in [4.69, 9.17) is 9.47 Å². The number of nitrogens with one attached hydrogen (secondary N) is 1. The Morgan fingerprint density at radius 2 is 1.95 bits per heavy atom. The molecule has 4 nitrogen and oxygen atoms in total. The van der Waals surface area contributed by atoms with Gasteiger partial charge in [0, 0.05) is 31.9 Å². The summed E-state index contributed by atoms with van der Waals surface area (Å²) in [4.78, 5) is 0. The van der Waals surface area contributed by atoms with Gasteiger partial charge in [0.25, 0.3) is 0 Å². The number of β-amino-alcohol motifs (C(OH)–C–C–N with tert-alkyl or cyclic N) is 1. The molecule has 0 aromatic heterocycles. The monoisotopic (exact) mass is 271 g/mol. The van der Waals surface area contributed by atoms with Crippen LogP contribution in [0.15, 0.2) is 0 Å². The van der Waals surface area contributed by atoms with E-state index in [0.717, 1.165) is 45.5 Å². The first-order valence-corrected chi connectivity index (χ1v) is 7.55. The van der Waals surface area contributed by atoms with Gasteiger partial charge >= 0.3 is 0 Å². The van der Waals surface area contributed by atoms with Crippen LogP contribution in [0.3, 0.4) is 0 Å². The quantitative estimate of drug-likeness (QED) is 0.820. The minimum absolute atomic E-state index is 0.0239. The van der Waals surface area contributed by atoms with E-state index in [9.17, 15) is 5.11 Å². The van der Waals surface area contributed by atoms with Crippen molar-refractivity contribution < 1.29 is 14.6 Å². The van der Waals surface area contributed by atoms with Gasteiger partial charge in [0.15, 0.2) is 0 Å². The summed E-state index contributed by atoms with van der Waals surface area (Å²) in [5, 5.41) is 13.8. The Bertz CT molecular complexity index is 276. The van der Waals surface area contributed by atoms with E-state index in [1.54, 1.807) is 0 Å². The number of aliphatic hydroxyl groups excluding tert-OH is 1. The zero-order valence-electron chi connectivity index (χ0n) is 12.6. The van der Waals surface area contributed by atoms with Crippen molar-refractivity contribution in [2.75, 3.05) is 26.4 Å². The fourth-order valence-electron chi connectivity index (χ4n) is 3.06. The van der Waals surface area contributed by atoms with Crippen molar-refractivity contribution >= 4 is 0 Å². The summed E-state index contributed by atoms with van der Waals surface area (Å²) in [6.07, 6.45) is 3.62. The van der Waals surface area contributed by atoms with Crippen LogP contribution >= 0.6 is 0 Å². The Balaban J connectivity index is 1.86. The number of aliphatic hydroxyl groups is 1. The molecule has 2 atom stereocenters. The lowest BCUT2D eigenvalue weighted by Crippen LogP contribution is -2.49. The SMILES string of the molecule is CC(C)(C)NCC(O)C1CCOC2(CCOCC2)C1. The third kappa shape index (κ3) is 4.42. The van der Waals surface area contributed by atoms with Gasteiger partial charge in [0.2, 0.25) is 0 Å². The molecule has 2 N–H and O–H groups in total. The highest BCUT2D eigenvalue weighted by Crippen LogP contribution is 2.38. The molecule has 112 valence electrons. The summed E-state index contributed by atoms with van der Waals surface area (Å²) < 4.78 is 11.5. The van der Waals surface area contributed by atoms with E-state index in [1.165, 1.54) is 0 Å². The molecule has 4 heteroatoms. The number of ether oxygens (including phenoxy) is 2. The molecule has 2 rings (SSSR count). The van der Waals surface area contributed by atoms with E-state index in [1.807, 2.05) is 0 Å². The highest BCUT2D eigenvalue weighted by Gasteiger charge is 2.40. The van der Waals surface area contributed by atoms with Crippen molar-refractivity contribution in [3.05, 3.63) is 0 Å². The minimum Gasteiger partial charge on any atom is -0.392 e. The van der Waals surface area contributed by atoms with Gasteiger partial charge in [-0.05, 0) is 52.4 Å². The molecule has 2 aliphatic heterocycles. The van der Waals surface area contributed by atoms with Crippen LogP contribution in [0.25, 0.3) is 0 Å². The average molecular weight is 271 g/mol. The minimum atomic E-state index is -0.275. The van der Waals surface area contributed by atoms with E-state index < -0.39 is 0 Å². The van der Waals surface area contributed by atoms with Crippen LogP contribution in [0.5, 0.6) is 0 Å². The largest absolute Gasteiger partial charge is 0.392 e. The third-order valence-electron chi connectivity index (χ3n) is 4.32. The second-order valence-corrected chi connectivity index (χ2v) is 7.09. The summed E-state index contributed by atoms with van der Waals surface area (Å²) >= 11 is 0. The Hall–Kier alpha value is -0.160. The Morgan fingerprint density at radius 3 is 2.58 bits per heavy atom. The fourth-order valence-corrected chi connectivity index (χ4v) is 3.06. The van der Waals surface area contributed by atoms with Gasteiger partial charge in [-0.3, -0.25) is 0 Å². The van der Waals surface area contributed by atoms with Crippen LogP contribution < -0.4 is 5.32 Å². The summed E-state index contributed by atoms with van der Waals surface area (Å²) in [6.45, 7) is 9.42. The van der Waals surface area contributed by atoms with Gasteiger partial charge in [0.05, 0.1) is 11.7 Å². The molecule has 0 bridgehead atoms. The lowest BCUT2D eigenvalue weighted by molar-refractivity contribution is -0.158. The molecule has 0 radical (unpaired) electrons. The van der Waals surface area contributed by atoms with Gasteiger partial charge in [-0.15, -0.1) is 0 Å². The van der Waals surface area contributed by atoms with Gasteiger partial charge < -0.3 is 19.9 Å². The van der Waals surface area contributed by atoms with Crippen molar-refractivity contribution in [2.45, 2.75) is 63.7 Å². The maximum atomic E-state index is 10.4. The maximum Gasteiger partial charge on any atom is 0.0730 e. The molecule has 0 amide bonds. The normalized spacial score (nSPS) is 29.4. The summed E-state index contributed by atoms with van der Waals surface area (Å²) in [7, 11) is 0. The van der Waals surface area contributed by atoms with Crippen LogP contribution in [0.2, 0.25) is 0 Å². The lowest BCUT2D eigenvalue weighted by Gasteiger charge is -2.44. The molecular weight excluding hydrogens is 242 g/mol. The highest BCUT2D eigenvalue weighted by molar-refractivity contribution is 4.91. The number of hydrogen-bond acceptors (Lipinski definition) is 4. The first-order valence-electron chi connectivity index (χ1n) is 7.55. The topological polar surface area (TPSA) is 50.7 Å². The zero-order valence-corrected chi connectivity index (χ0v) is 12.6. The van der Waals surface area contributed by atoms with Crippen molar-refractivity contribution in [3.8, 4) is 0 Å². The summed E-state index contributed by atoms with van der Waals surface area (Å²) in [6, 6.07) is 0. The van der Waals surface area contributed by atoms with Crippen LogP contribution in [0.4, 0.5) is 0 Å². The second kappa shape index (κ2) is 6.08. The van der Waals surface area contributed by atoms with E-state index in [2.05, 4.69) is 26.1 Å². The first-order chi connectivity index (χ1) is 8.90. The molecule has 0 aliphatic carbocycles. The molecule has 0 aromatic carbocycles. The molecule has 2 unspecified atom stereocenters. The highest BCUT2D eigenvalue weighted by atomic mass is 16.5. The zero-order chi connectivity index (χ0) is 13.9. The fraction of sp³-hybridized carbons (Fsp3) is 1.00. The van der Waals surface area contributed by atoms with Gasteiger partial charge in [-0.2, -0.15) is 0 Å². The van der Waals surface area contributed by atoms with Gasteiger partial charge in [-0.25, -0.2) is 0 Å². The molecule has 2 aliphatic rings. The van der Waals surface area contributed by atoms with E-state index >= 15 is 0 Å². The van der Waals surface area contributed by atoms with Crippen LogP contribution in [0.1, 0.15) is 46.5 Å². The van der Waals surface area contributed by atoms with E-state index in [-0.39, 0.29) is 17.2 Å². The summed E-state index contributed by atoms with van der Waals surface area (Å²) in [5.74, 6) is 0.349. The number of rotatable bonds is 3. The predicted octanol–water partition coefficient (Wildman–Crippen LogP) is 1.71. The van der Waals surface area contributed by atoms with Crippen LogP contribution in [-0.2, 0) is 9.47 Å². The van der Waals surface area contributed by atoms with Gasteiger partial charge in [-0.1, -0.05) is 0 Å². The second-order valence-electron chi connectivity index (χ2n) is 7.09.